The Morgan fingerprint density at radius 2 is 2.35 bits per heavy atom. The molecule has 0 aromatic heterocycles. The quantitative estimate of drug-likeness (QED) is 0.435. The third kappa shape index (κ3) is 2.07. The number of nitro groups is 1. The summed E-state index contributed by atoms with van der Waals surface area (Å²) in [5, 5.41) is 14.1. The Labute approximate surface area is 95.8 Å². The predicted molar refractivity (Wildman–Crippen MR) is 56.9 cm³/mol. The summed E-state index contributed by atoms with van der Waals surface area (Å²) in [6, 6.07) is 4.15. The first-order chi connectivity index (χ1) is 8.11. The van der Waals surface area contributed by atoms with Gasteiger partial charge in [0, 0.05) is 18.1 Å². The van der Waals surface area contributed by atoms with Crippen LogP contribution in [0.2, 0.25) is 0 Å². The predicted octanol–water partition coefficient (Wildman–Crippen LogP) is 1.06. The molecule has 1 aromatic rings. The van der Waals surface area contributed by atoms with Crippen LogP contribution < -0.4 is 4.84 Å². The van der Waals surface area contributed by atoms with Crippen molar-refractivity contribution >= 4 is 17.4 Å². The molecule has 0 fully saturated rings. The fourth-order valence-corrected chi connectivity index (χ4v) is 1.43. The number of methoxy groups -OCH3 is 1. The third-order valence-corrected chi connectivity index (χ3v) is 2.29. The molecule has 7 heteroatoms. The molecule has 7 nitrogen and oxygen atoms in total. The van der Waals surface area contributed by atoms with Gasteiger partial charge in [-0.2, -0.15) is 0 Å². The van der Waals surface area contributed by atoms with E-state index in [4.69, 9.17) is 4.84 Å². The molecule has 1 aliphatic heterocycles. The molecule has 0 unspecified atom stereocenters. The van der Waals surface area contributed by atoms with Gasteiger partial charge in [-0.25, -0.2) is 4.79 Å². The van der Waals surface area contributed by atoms with E-state index in [-0.39, 0.29) is 23.6 Å². The maximum Gasteiger partial charge on any atom is 0.356 e. The first kappa shape index (κ1) is 11.1. The molecule has 0 radical (unpaired) electrons. The van der Waals surface area contributed by atoms with Crippen molar-refractivity contribution in [2.45, 2.75) is 6.42 Å². The van der Waals surface area contributed by atoms with Crippen molar-refractivity contribution in [2.24, 2.45) is 5.16 Å². The number of fused-ring (bicyclic) bond motifs is 1. The molecule has 1 aliphatic rings. The number of ether oxygens (including phenoxy) is 1. The number of carbonyl (C=O) groups is 1. The van der Waals surface area contributed by atoms with Crippen LogP contribution in [0.5, 0.6) is 5.75 Å². The monoisotopic (exact) mass is 236 g/mol. The lowest BCUT2D eigenvalue weighted by Crippen LogP contribution is -2.22. The van der Waals surface area contributed by atoms with Crippen molar-refractivity contribution in [1.82, 2.24) is 0 Å². The lowest BCUT2D eigenvalue weighted by atomic mass is 10.1. The molecule has 0 atom stereocenters. The number of hydrogen-bond acceptors (Lipinski definition) is 6. The van der Waals surface area contributed by atoms with Crippen LogP contribution in [0.25, 0.3) is 0 Å². The number of oxime groups is 1. The van der Waals surface area contributed by atoms with Crippen LogP contribution in [0.3, 0.4) is 0 Å². The molecule has 1 aromatic carbocycles. The molecule has 0 saturated heterocycles. The molecule has 88 valence electrons. The fourth-order valence-electron chi connectivity index (χ4n) is 1.43. The average Bonchev–Trinajstić information content (AvgIpc) is 2.36. The van der Waals surface area contributed by atoms with Gasteiger partial charge in [-0.15, -0.1) is 0 Å². The van der Waals surface area contributed by atoms with Gasteiger partial charge in [-0.05, 0) is 6.07 Å². The van der Waals surface area contributed by atoms with E-state index in [9.17, 15) is 14.9 Å². The highest BCUT2D eigenvalue weighted by Crippen LogP contribution is 2.28. The number of carbonyl (C=O) groups excluding carboxylic acids is 1. The molecular weight excluding hydrogens is 228 g/mol. The zero-order valence-electron chi connectivity index (χ0n) is 8.87. The van der Waals surface area contributed by atoms with Gasteiger partial charge in [0.2, 0.25) is 0 Å². The average molecular weight is 236 g/mol. The number of hydrogen-bond donors (Lipinski definition) is 0. The van der Waals surface area contributed by atoms with E-state index in [1.165, 1.54) is 25.3 Å². The second kappa shape index (κ2) is 4.20. The first-order valence-corrected chi connectivity index (χ1v) is 4.71. The summed E-state index contributed by atoms with van der Waals surface area (Å²) in [5.74, 6) is -0.291. The molecule has 0 N–H and O–H groups in total. The molecule has 0 saturated carbocycles. The largest absolute Gasteiger partial charge is 0.464 e. The number of rotatable bonds is 2. The normalized spacial score (nSPS) is 13.1. The third-order valence-electron chi connectivity index (χ3n) is 2.29. The maximum atomic E-state index is 11.2. The molecule has 0 amide bonds. The zero-order valence-corrected chi connectivity index (χ0v) is 8.87. The maximum absolute atomic E-state index is 11.2. The molecule has 0 spiro atoms. The number of nitrogens with zero attached hydrogens (tertiary/aromatic N) is 2. The molecule has 17 heavy (non-hydrogen) atoms. The highest BCUT2D eigenvalue weighted by Gasteiger charge is 2.22. The topological polar surface area (TPSA) is 91.0 Å². The fraction of sp³-hybridized carbons (Fsp3) is 0.200. The Kier molecular flexibility index (Phi) is 2.73. The summed E-state index contributed by atoms with van der Waals surface area (Å²) in [6.07, 6.45) is 0.236. The van der Waals surface area contributed by atoms with Crippen molar-refractivity contribution < 1.29 is 19.3 Å². The van der Waals surface area contributed by atoms with E-state index in [1.807, 2.05) is 0 Å². The van der Waals surface area contributed by atoms with E-state index >= 15 is 0 Å². The Bertz CT molecular complexity index is 523. The first-order valence-electron chi connectivity index (χ1n) is 4.71. The number of non-ortho nitro benzene ring substituents is 1. The number of esters is 1. The minimum Gasteiger partial charge on any atom is -0.464 e. The van der Waals surface area contributed by atoms with Crippen LogP contribution >= 0.6 is 0 Å². The van der Waals surface area contributed by atoms with Crippen LogP contribution in [-0.2, 0) is 16.0 Å². The van der Waals surface area contributed by atoms with Gasteiger partial charge >= 0.3 is 5.97 Å². The van der Waals surface area contributed by atoms with Crippen LogP contribution in [0.15, 0.2) is 23.4 Å². The van der Waals surface area contributed by atoms with Crippen molar-refractivity contribution in [2.75, 3.05) is 7.11 Å². The van der Waals surface area contributed by atoms with Gasteiger partial charge < -0.3 is 9.57 Å². The van der Waals surface area contributed by atoms with Gasteiger partial charge in [-0.1, -0.05) is 5.16 Å². The lowest BCUT2D eigenvalue weighted by Gasteiger charge is -2.13. The van der Waals surface area contributed by atoms with Gasteiger partial charge in [0.1, 0.15) is 0 Å². The summed E-state index contributed by atoms with van der Waals surface area (Å²) in [6.45, 7) is 0. The van der Waals surface area contributed by atoms with Crippen LogP contribution in [0.1, 0.15) is 5.56 Å². The minimum atomic E-state index is -0.575. The summed E-state index contributed by atoms with van der Waals surface area (Å²) >= 11 is 0. The summed E-state index contributed by atoms with van der Waals surface area (Å²) in [7, 11) is 1.25. The van der Waals surface area contributed by atoms with Gasteiger partial charge in [-0.3, -0.25) is 10.1 Å². The summed E-state index contributed by atoms with van der Waals surface area (Å²) in [4.78, 5) is 26.2. The second-order valence-corrected chi connectivity index (χ2v) is 3.35. The van der Waals surface area contributed by atoms with E-state index < -0.39 is 10.9 Å². The Morgan fingerprint density at radius 1 is 1.59 bits per heavy atom. The Hall–Kier alpha value is -2.44. The van der Waals surface area contributed by atoms with Crippen LogP contribution in [0.4, 0.5) is 5.69 Å². The minimum absolute atomic E-state index is 0.0829. The molecule has 1 heterocycles. The highest BCUT2D eigenvalue weighted by atomic mass is 16.6. The molecule has 0 aliphatic carbocycles. The van der Waals surface area contributed by atoms with Gasteiger partial charge in [0.15, 0.2) is 11.5 Å². The Morgan fingerprint density at radius 3 is 3.00 bits per heavy atom. The van der Waals surface area contributed by atoms with Crippen LogP contribution in [-0.4, -0.2) is 23.7 Å². The van der Waals surface area contributed by atoms with E-state index in [1.54, 1.807) is 0 Å². The summed E-state index contributed by atoms with van der Waals surface area (Å²) in [5.41, 5.74) is 0.709. The molecular formula is C10H8N2O5. The molecule has 0 bridgehead atoms. The van der Waals surface area contributed by atoms with Gasteiger partial charge in [0.25, 0.3) is 5.69 Å². The smallest absolute Gasteiger partial charge is 0.356 e. The van der Waals surface area contributed by atoms with Crippen LogP contribution in [0, 0.1) is 10.1 Å². The van der Waals surface area contributed by atoms with E-state index in [2.05, 4.69) is 9.89 Å². The number of nitro benzene ring substituents is 1. The van der Waals surface area contributed by atoms with E-state index in [0.29, 0.717) is 5.56 Å². The van der Waals surface area contributed by atoms with Gasteiger partial charge in [0.05, 0.1) is 18.1 Å². The van der Waals surface area contributed by atoms with Crippen molar-refractivity contribution in [3.05, 3.63) is 33.9 Å². The van der Waals surface area contributed by atoms with Crippen molar-refractivity contribution in [3.8, 4) is 5.75 Å². The second-order valence-electron chi connectivity index (χ2n) is 3.35. The highest BCUT2D eigenvalue weighted by molar-refractivity contribution is 6.37. The Balaban J connectivity index is 2.28. The zero-order chi connectivity index (χ0) is 12.4. The SMILES string of the molecule is COC(=O)C1=NOc2cc([N+](=O)[O-])ccc2C1. The van der Waals surface area contributed by atoms with Crippen molar-refractivity contribution in [3.63, 3.8) is 0 Å². The van der Waals surface area contributed by atoms with E-state index in [0.717, 1.165) is 0 Å². The molecule has 2 rings (SSSR count). The lowest BCUT2D eigenvalue weighted by molar-refractivity contribution is -0.385. The summed E-state index contributed by atoms with van der Waals surface area (Å²) < 4.78 is 4.51. The standard InChI is InChI=1S/C10H8N2O5/c1-16-10(13)8-4-6-2-3-7(12(14)15)5-9(6)17-11-8/h2-3,5H,4H2,1H3. The van der Waals surface area contributed by atoms with Crippen molar-refractivity contribution in [1.29, 1.82) is 0 Å². The number of benzene rings is 1.